The zero-order chi connectivity index (χ0) is 23.5. The number of rotatable bonds is 6. The summed E-state index contributed by atoms with van der Waals surface area (Å²) in [7, 11) is 0. The first-order valence-corrected chi connectivity index (χ1v) is 11.4. The summed E-state index contributed by atoms with van der Waals surface area (Å²) in [6.07, 6.45) is -3.65. The first-order valence-electron chi connectivity index (χ1n) is 11.4. The number of carbonyl (C=O) groups is 1. The lowest BCUT2D eigenvalue weighted by Gasteiger charge is -2.36. The molecule has 0 saturated carbocycles. The van der Waals surface area contributed by atoms with E-state index >= 15 is 0 Å². The fourth-order valence-electron chi connectivity index (χ4n) is 4.82. The zero-order valence-electron chi connectivity index (χ0n) is 18.5. The Hall–Kier alpha value is -2.45. The van der Waals surface area contributed by atoms with Gasteiger partial charge in [0.1, 0.15) is 5.82 Å². The number of hydrogen-bond acceptors (Lipinski definition) is 3. The summed E-state index contributed by atoms with van der Waals surface area (Å²) in [4.78, 5) is 16.9. The summed E-state index contributed by atoms with van der Waals surface area (Å²) in [5, 5.41) is 2.72. The van der Waals surface area contributed by atoms with E-state index in [9.17, 15) is 22.4 Å². The van der Waals surface area contributed by atoms with Gasteiger partial charge in [-0.25, -0.2) is 4.39 Å². The summed E-state index contributed by atoms with van der Waals surface area (Å²) >= 11 is 0. The van der Waals surface area contributed by atoms with Gasteiger partial charge in [0.05, 0.1) is 0 Å². The van der Waals surface area contributed by atoms with E-state index in [1.165, 1.54) is 12.1 Å². The number of likely N-dealkylation sites (tertiary alicyclic amines) is 2. The second-order valence-corrected chi connectivity index (χ2v) is 9.18. The van der Waals surface area contributed by atoms with Crippen molar-refractivity contribution in [3.8, 4) is 0 Å². The van der Waals surface area contributed by atoms with Crippen LogP contribution in [0.15, 0.2) is 54.6 Å². The SMILES string of the molecule is O=C(NC1CCN(Cc2ccc(F)cc2)CC1)C1(C(F)(F)F)CCN(Cc2ccccc2)C1. The van der Waals surface area contributed by atoms with Crippen LogP contribution in [-0.4, -0.2) is 54.1 Å². The quantitative estimate of drug-likeness (QED) is 0.647. The molecule has 2 aromatic carbocycles. The molecule has 0 bridgehead atoms. The molecule has 4 rings (SSSR count). The summed E-state index contributed by atoms with van der Waals surface area (Å²) in [5.74, 6) is -1.18. The molecule has 1 amide bonds. The average Bonchev–Trinajstić information content (AvgIpc) is 3.23. The van der Waals surface area contributed by atoms with Gasteiger partial charge in [0.25, 0.3) is 0 Å². The van der Waals surface area contributed by atoms with Gasteiger partial charge in [-0.15, -0.1) is 0 Å². The van der Waals surface area contributed by atoms with Crippen molar-refractivity contribution >= 4 is 5.91 Å². The van der Waals surface area contributed by atoms with E-state index in [1.54, 1.807) is 17.0 Å². The summed E-state index contributed by atoms with van der Waals surface area (Å²) in [6.45, 7) is 2.30. The Morgan fingerprint density at radius 1 is 0.909 bits per heavy atom. The Labute approximate surface area is 191 Å². The molecule has 8 heteroatoms. The molecule has 0 aromatic heterocycles. The van der Waals surface area contributed by atoms with Gasteiger partial charge in [-0.1, -0.05) is 42.5 Å². The van der Waals surface area contributed by atoms with Crippen molar-refractivity contribution in [2.75, 3.05) is 26.2 Å². The second kappa shape index (κ2) is 9.81. The van der Waals surface area contributed by atoms with Gasteiger partial charge < -0.3 is 5.32 Å². The van der Waals surface area contributed by atoms with Gasteiger partial charge in [0.15, 0.2) is 5.41 Å². The molecule has 2 saturated heterocycles. The number of benzene rings is 2. The molecule has 1 atom stereocenters. The molecular formula is C25H29F4N3O. The summed E-state index contributed by atoms with van der Waals surface area (Å²) < 4.78 is 55.5. The Kier molecular flexibility index (Phi) is 7.05. The molecule has 2 fully saturated rings. The molecule has 2 aliphatic heterocycles. The number of amides is 1. The van der Waals surface area contributed by atoms with Crippen molar-refractivity contribution in [2.45, 2.75) is 44.6 Å². The van der Waals surface area contributed by atoms with Crippen LogP contribution in [0.3, 0.4) is 0 Å². The molecule has 2 heterocycles. The van der Waals surface area contributed by atoms with Crippen LogP contribution in [0.2, 0.25) is 0 Å². The maximum atomic E-state index is 14.1. The predicted molar refractivity (Wildman–Crippen MR) is 118 cm³/mol. The number of nitrogens with one attached hydrogen (secondary N) is 1. The number of carbonyl (C=O) groups excluding carboxylic acids is 1. The van der Waals surface area contributed by atoms with Crippen molar-refractivity contribution in [1.29, 1.82) is 0 Å². The van der Waals surface area contributed by atoms with Crippen LogP contribution >= 0.6 is 0 Å². The van der Waals surface area contributed by atoms with Crippen LogP contribution in [0.5, 0.6) is 0 Å². The lowest BCUT2D eigenvalue weighted by Crippen LogP contribution is -2.56. The van der Waals surface area contributed by atoms with E-state index in [0.29, 0.717) is 39.0 Å². The minimum absolute atomic E-state index is 0.224. The monoisotopic (exact) mass is 463 g/mol. The minimum Gasteiger partial charge on any atom is -0.352 e. The topological polar surface area (TPSA) is 35.6 Å². The third-order valence-electron chi connectivity index (χ3n) is 6.82. The maximum Gasteiger partial charge on any atom is 0.404 e. The van der Waals surface area contributed by atoms with E-state index in [1.807, 2.05) is 30.3 Å². The molecule has 0 spiro atoms. The van der Waals surface area contributed by atoms with Crippen molar-refractivity contribution in [3.05, 3.63) is 71.5 Å². The van der Waals surface area contributed by atoms with Crippen LogP contribution in [-0.2, 0) is 17.9 Å². The number of hydrogen-bond donors (Lipinski definition) is 1. The Morgan fingerprint density at radius 2 is 1.52 bits per heavy atom. The summed E-state index contributed by atoms with van der Waals surface area (Å²) in [5.41, 5.74) is -0.448. The molecule has 0 aliphatic carbocycles. The van der Waals surface area contributed by atoms with Crippen molar-refractivity contribution in [3.63, 3.8) is 0 Å². The highest BCUT2D eigenvalue weighted by Crippen LogP contribution is 2.46. The first-order chi connectivity index (χ1) is 15.7. The molecule has 178 valence electrons. The molecule has 2 aromatic rings. The minimum atomic E-state index is -4.61. The molecule has 1 N–H and O–H groups in total. The Balaban J connectivity index is 1.33. The van der Waals surface area contributed by atoms with Crippen molar-refractivity contribution in [2.24, 2.45) is 5.41 Å². The van der Waals surface area contributed by atoms with Crippen molar-refractivity contribution < 1.29 is 22.4 Å². The molecule has 33 heavy (non-hydrogen) atoms. The van der Waals surface area contributed by atoms with Gasteiger partial charge in [-0.05, 0) is 49.1 Å². The van der Waals surface area contributed by atoms with Gasteiger partial charge in [-0.2, -0.15) is 13.2 Å². The van der Waals surface area contributed by atoms with E-state index < -0.39 is 17.5 Å². The molecule has 4 nitrogen and oxygen atoms in total. The van der Waals surface area contributed by atoms with Gasteiger partial charge >= 0.3 is 6.18 Å². The number of alkyl halides is 3. The van der Waals surface area contributed by atoms with Crippen LogP contribution in [0.4, 0.5) is 17.6 Å². The standard InChI is InChI=1S/C25H29F4N3O/c26-21-8-6-20(7-9-21)16-31-13-10-22(11-14-31)30-23(33)24(25(27,28)29)12-15-32(18-24)17-19-4-2-1-3-5-19/h1-9,22H,10-18H2,(H,30,33). The third-order valence-corrected chi connectivity index (χ3v) is 6.82. The number of nitrogens with zero attached hydrogens (tertiary/aromatic N) is 2. The van der Waals surface area contributed by atoms with Crippen LogP contribution in [0.25, 0.3) is 0 Å². The first kappa shape index (κ1) is 23.7. The molecular weight excluding hydrogens is 434 g/mol. The normalized spacial score (nSPS) is 23.0. The van der Waals surface area contributed by atoms with Crippen LogP contribution in [0, 0.1) is 11.2 Å². The Morgan fingerprint density at radius 3 is 2.15 bits per heavy atom. The fraction of sp³-hybridized carbons (Fsp3) is 0.480. The largest absolute Gasteiger partial charge is 0.404 e. The van der Waals surface area contributed by atoms with Gasteiger partial charge in [0.2, 0.25) is 5.91 Å². The van der Waals surface area contributed by atoms with Crippen molar-refractivity contribution in [1.82, 2.24) is 15.1 Å². The van der Waals surface area contributed by atoms with Gasteiger partial charge in [0, 0.05) is 38.8 Å². The van der Waals surface area contributed by atoms with E-state index in [0.717, 1.165) is 11.1 Å². The Bertz CT molecular complexity index is 927. The predicted octanol–water partition coefficient (Wildman–Crippen LogP) is 4.36. The van der Waals surface area contributed by atoms with Gasteiger partial charge in [-0.3, -0.25) is 14.6 Å². The highest BCUT2D eigenvalue weighted by atomic mass is 19.4. The van der Waals surface area contributed by atoms with E-state index in [-0.39, 0.29) is 31.4 Å². The highest BCUT2D eigenvalue weighted by Gasteiger charge is 2.63. The lowest BCUT2D eigenvalue weighted by molar-refractivity contribution is -0.218. The van der Waals surface area contributed by atoms with Crippen LogP contribution in [0.1, 0.15) is 30.4 Å². The summed E-state index contributed by atoms with van der Waals surface area (Å²) in [6, 6.07) is 15.4. The second-order valence-electron chi connectivity index (χ2n) is 9.18. The average molecular weight is 464 g/mol. The maximum absolute atomic E-state index is 14.1. The molecule has 2 aliphatic rings. The highest BCUT2D eigenvalue weighted by molar-refractivity contribution is 5.84. The van der Waals surface area contributed by atoms with Crippen LogP contribution < -0.4 is 5.32 Å². The van der Waals surface area contributed by atoms with E-state index in [4.69, 9.17) is 0 Å². The molecule has 0 radical (unpaired) electrons. The van der Waals surface area contributed by atoms with E-state index in [2.05, 4.69) is 10.2 Å². The third kappa shape index (κ3) is 5.55. The molecule has 1 unspecified atom stereocenters. The fourth-order valence-corrected chi connectivity index (χ4v) is 4.82. The zero-order valence-corrected chi connectivity index (χ0v) is 18.5. The smallest absolute Gasteiger partial charge is 0.352 e. The number of halogens is 4. The lowest BCUT2D eigenvalue weighted by atomic mass is 9.84. The number of piperidine rings is 1.